The molecule has 176 valence electrons. The quantitative estimate of drug-likeness (QED) is 0.468. The van der Waals surface area contributed by atoms with E-state index in [-0.39, 0.29) is 6.04 Å². The molecule has 4 nitrogen and oxygen atoms in total. The summed E-state index contributed by atoms with van der Waals surface area (Å²) in [7, 11) is 3.39. The van der Waals surface area contributed by atoms with Crippen molar-refractivity contribution in [1.29, 1.82) is 0 Å². The van der Waals surface area contributed by atoms with Crippen molar-refractivity contribution in [3.63, 3.8) is 0 Å². The highest BCUT2D eigenvalue weighted by Gasteiger charge is 2.31. The first-order valence-electron chi connectivity index (χ1n) is 12.7. The normalized spacial score (nSPS) is 20.5. The van der Waals surface area contributed by atoms with Crippen LogP contribution in [0.5, 0.6) is 11.5 Å². The highest BCUT2D eigenvalue weighted by molar-refractivity contribution is 5.40. The topological polar surface area (TPSA) is 50.7 Å². The Balaban J connectivity index is 1.61. The molecule has 0 aliphatic heterocycles. The molecule has 2 fully saturated rings. The van der Waals surface area contributed by atoms with Gasteiger partial charge in [-0.15, -0.1) is 0 Å². The molecule has 2 unspecified atom stereocenters. The van der Waals surface area contributed by atoms with Gasteiger partial charge in [-0.3, -0.25) is 0 Å². The van der Waals surface area contributed by atoms with E-state index in [4.69, 9.17) is 9.47 Å². The van der Waals surface area contributed by atoms with E-state index < -0.39 is 6.10 Å². The van der Waals surface area contributed by atoms with Gasteiger partial charge in [0, 0.05) is 6.04 Å². The summed E-state index contributed by atoms with van der Waals surface area (Å²) in [4.78, 5) is 0. The summed E-state index contributed by atoms with van der Waals surface area (Å²) in [6.07, 6.45) is 15.8. The number of ether oxygens (including phenoxy) is 2. The van der Waals surface area contributed by atoms with Crippen LogP contribution in [-0.2, 0) is 6.42 Å². The average molecular weight is 432 g/mol. The Morgan fingerprint density at radius 1 is 0.935 bits per heavy atom. The van der Waals surface area contributed by atoms with Crippen molar-refractivity contribution in [2.24, 2.45) is 17.8 Å². The van der Waals surface area contributed by atoms with Crippen LogP contribution in [0.3, 0.4) is 0 Å². The van der Waals surface area contributed by atoms with Crippen LogP contribution in [0, 0.1) is 17.8 Å². The van der Waals surface area contributed by atoms with Gasteiger partial charge in [0.15, 0.2) is 0 Å². The van der Waals surface area contributed by atoms with Gasteiger partial charge in [-0.05, 0) is 67.8 Å². The molecular formula is C27H45NO3. The molecule has 1 aromatic carbocycles. The monoisotopic (exact) mass is 431 g/mol. The molecule has 0 bridgehead atoms. The van der Waals surface area contributed by atoms with E-state index in [0.29, 0.717) is 0 Å². The van der Waals surface area contributed by atoms with Gasteiger partial charge in [-0.1, -0.05) is 64.2 Å². The van der Waals surface area contributed by atoms with E-state index in [1.165, 1.54) is 70.6 Å². The third-order valence-corrected chi connectivity index (χ3v) is 7.90. The molecule has 2 N–H and O–H groups in total. The lowest BCUT2D eigenvalue weighted by atomic mass is 9.68. The standard InChI is InChI=1S/C27H45NO3/c1-20(29)26(19-23-18-24(30-2)14-15-27(23)31-3)28-17-16-25(21-10-6-4-7-11-21)22-12-8-5-9-13-22/h14-15,18,20-22,25-26,28-29H,4-13,16-17,19H2,1-3H3. The van der Waals surface area contributed by atoms with Crippen molar-refractivity contribution in [2.75, 3.05) is 20.8 Å². The van der Waals surface area contributed by atoms with E-state index in [1.54, 1.807) is 14.2 Å². The summed E-state index contributed by atoms with van der Waals surface area (Å²) in [5.74, 6) is 4.38. The first-order valence-corrected chi connectivity index (χ1v) is 12.7. The lowest BCUT2D eigenvalue weighted by Gasteiger charge is -2.38. The number of nitrogens with one attached hydrogen (secondary N) is 1. The second-order valence-electron chi connectivity index (χ2n) is 9.93. The van der Waals surface area contributed by atoms with Crippen molar-refractivity contribution in [3.05, 3.63) is 23.8 Å². The summed E-state index contributed by atoms with van der Waals surface area (Å²) < 4.78 is 11.0. The second kappa shape index (κ2) is 12.7. The fraction of sp³-hybridized carbons (Fsp3) is 0.778. The van der Waals surface area contributed by atoms with Gasteiger partial charge >= 0.3 is 0 Å². The summed E-state index contributed by atoms with van der Waals surface area (Å²) in [6, 6.07) is 5.92. The van der Waals surface area contributed by atoms with Crippen molar-refractivity contribution < 1.29 is 14.6 Å². The van der Waals surface area contributed by atoms with Crippen LogP contribution in [0.25, 0.3) is 0 Å². The molecule has 2 atom stereocenters. The third kappa shape index (κ3) is 7.12. The molecular weight excluding hydrogens is 386 g/mol. The van der Waals surface area contributed by atoms with Crippen LogP contribution in [0.4, 0.5) is 0 Å². The Bertz CT molecular complexity index is 617. The first kappa shape index (κ1) is 24.4. The number of rotatable bonds is 11. The Morgan fingerprint density at radius 2 is 1.55 bits per heavy atom. The van der Waals surface area contributed by atoms with Crippen LogP contribution in [0.15, 0.2) is 18.2 Å². The van der Waals surface area contributed by atoms with Gasteiger partial charge in [-0.25, -0.2) is 0 Å². The molecule has 3 rings (SSSR count). The lowest BCUT2D eigenvalue weighted by molar-refractivity contribution is 0.120. The maximum atomic E-state index is 10.5. The second-order valence-corrected chi connectivity index (χ2v) is 9.93. The van der Waals surface area contributed by atoms with Gasteiger partial charge in [0.25, 0.3) is 0 Å². The van der Waals surface area contributed by atoms with Gasteiger partial charge in [-0.2, -0.15) is 0 Å². The maximum Gasteiger partial charge on any atom is 0.122 e. The van der Waals surface area contributed by atoms with E-state index in [2.05, 4.69) is 5.32 Å². The van der Waals surface area contributed by atoms with E-state index >= 15 is 0 Å². The van der Waals surface area contributed by atoms with Crippen molar-refractivity contribution in [1.82, 2.24) is 5.32 Å². The average Bonchev–Trinajstić information content (AvgIpc) is 2.82. The van der Waals surface area contributed by atoms with E-state index in [0.717, 1.165) is 47.8 Å². The predicted molar refractivity (Wildman–Crippen MR) is 128 cm³/mol. The maximum absolute atomic E-state index is 10.5. The van der Waals surface area contributed by atoms with Crippen LogP contribution in [0.1, 0.15) is 83.1 Å². The predicted octanol–water partition coefficient (Wildman–Crippen LogP) is 5.75. The number of benzene rings is 1. The van der Waals surface area contributed by atoms with Crippen molar-refractivity contribution in [2.45, 2.75) is 96.1 Å². The summed E-state index contributed by atoms with van der Waals surface area (Å²) in [5, 5.41) is 14.2. The van der Waals surface area contributed by atoms with Crippen molar-refractivity contribution in [3.8, 4) is 11.5 Å². The Kier molecular flexibility index (Phi) is 9.98. The zero-order chi connectivity index (χ0) is 22.1. The summed E-state index contributed by atoms with van der Waals surface area (Å²) in [5.41, 5.74) is 1.08. The van der Waals surface area contributed by atoms with Crippen LogP contribution in [-0.4, -0.2) is 38.0 Å². The molecule has 0 heterocycles. The largest absolute Gasteiger partial charge is 0.497 e. The molecule has 2 saturated carbocycles. The summed E-state index contributed by atoms with van der Waals surface area (Å²) in [6.45, 7) is 2.88. The highest BCUT2D eigenvalue weighted by atomic mass is 16.5. The number of methoxy groups -OCH3 is 2. The Labute approximate surface area is 190 Å². The number of aliphatic hydroxyl groups excluding tert-OH is 1. The van der Waals surface area contributed by atoms with Gasteiger partial charge < -0.3 is 19.9 Å². The molecule has 0 radical (unpaired) electrons. The highest BCUT2D eigenvalue weighted by Crippen LogP contribution is 2.41. The van der Waals surface area contributed by atoms with E-state index in [9.17, 15) is 5.11 Å². The molecule has 0 spiro atoms. The van der Waals surface area contributed by atoms with Gasteiger partial charge in [0.1, 0.15) is 11.5 Å². The minimum atomic E-state index is -0.418. The zero-order valence-corrected chi connectivity index (χ0v) is 20.1. The minimum absolute atomic E-state index is 0.0133. The van der Waals surface area contributed by atoms with Crippen LogP contribution < -0.4 is 14.8 Å². The fourth-order valence-corrected chi connectivity index (χ4v) is 6.11. The number of aliphatic hydroxyl groups is 1. The van der Waals surface area contributed by atoms with Gasteiger partial charge in [0.2, 0.25) is 0 Å². The molecule has 0 saturated heterocycles. The van der Waals surface area contributed by atoms with E-state index in [1.807, 2.05) is 25.1 Å². The molecule has 0 aromatic heterocycles. The Hall–Kier alpha value is -1.26. The molecule has 31 heavy (non-hydrogen) atoms. The van der Waals surface area contributed by atoms with Crippen LogP contribution in [0.2, 0.25) is 0 Å². The number of hydrogen-bond acceptors (Lipinski definition) is 4. The van der Waals surface area contributed by atoms with Crippen LogP contribution >= 0.6 is 0 Å². The number of hydrogen-bond donors (Lipinski definition) is 2. The Morgan fingerprint density at radius 3 is 2.06 bits per heavy atom. The third-order valence-electron chi connectivity index (χ3n) is 7.90. The smallest absolute Gasteiger partial charge is 0.122 e. The lowest BCUT2D eigenvalue weighted by Crippen LogP contribution is -2.42. The summed E-state index contributed by atoms with van der Waals surface area (Å²) >= 11 is 0. The zero-order valence-electron chi connectivity index (χ0n) is 20.1. The molecule has 2 aliphatic carbocycles. The molecule has 4 heteroatoms. The SMILES string of the molecule is COc1ccc(OC)c(CC(NCCC(C2CCCCC2)C2CCCCC2)C(C)O)c1. The fourth-order valence-electron chi connectivity index (χ4n) is 6.11. The van der Waals surface area contributed by atoms with Crippen molar-refractivity contribution >= 4 is 0 Å². The first-order chi connectivity index (χ1) is 15.1. The minimum Gasteiger partial charge on any atom is -0.497 e. The molecule has 0 amide bonds. The van der Waals surface area contributed by atoms with Gasteiger partial charge in [0.05, 0.1) is 20.3 Å². The molecule has 2 aliphatic rings. The molecule has 1 aromatic rings.